The van der Waals surface area contributed by atoms with Crippen LogP contribution >= 0.6 is 39.7 Å². The van der Waals surface area contributed by atoms with Crippen molar-refractivity contribution in [3.8, 4) is 5.75 Å². The van der Waals surface area contributed by atoms with E-state index in [1.165, 1.54) is 0 Å². The van der Waals surface area contributed by atoms with E-state index in [0.29, 0.717) is 23.2 Å². The number of hydrogen-bond donors (Lipinski definition) is 1. The highest BCUT2D eigenvalue weighted by molar-refractivity contribution is 9.10. The van der Waals surface area contributed by atoms with Crippen LogP contribution in [0.25, 0.3) is 0 Å². The summed E-state index contributed by atoms with van der Waals surface area (Å²) in [6.45, 7) is 1.31. The van der Waals surface area contributed by atoms with Gasteiger partial charge in [0.05, 0.1) is 7.11 Å². The van der Waals surface area contributed by atoms with Gasteiger partial charge in [-0.05, 0) is 71.9 Å². The Kier molecular flexibility index (Phi) is 7.31. The summed E-state index contributed by atoms with van der Waals surface area (Å²) >= 11 is 15.3. The van der Waals surface area contributed by atoms with Crippen molar-refractivity contribution >= 4 is 50.5 Å². The Morgan fingerprint density at radius 2 is 1.68 bits per heavy atom. The molecule has 0 amide bonds. The van der Waals surface area contributed by atoms with E-state index in [1.54, 1.807) is 7.11 Å². The number of rotatable bonds is 6. The van der Waals surface area contributed by atoms with Gasteiger partial charge in [-0.15, -0.1) is 0 Å². The minimum Gasteiger partial charge on any atom is -0.497 e. The zero-order valence-electron chi connectivity index (χ0n) is 15.4. The number of nitrogens with one attached hydrogen (secondary N) is 1. The molecule has 6 heteroatoms. The SMILES string of the molecule is COc1ccc(CN(Cc2cccc(Cl)c2)C(=S)Nc2ccc(Br)cc2)cc1. The Hall–Kier alpha value is -2.08. The fraction of sp³-hybridized carbons (Fsp3) is 0.136. The molecule has 0 saturated heterocycles. The lowest BCUT2D eigenvalue weighted by Crippen LogP contribution is -2.33. The van der Waals surface area contributed by atoms with Gasteiger partial charge in [0, 0.05) is 28.3 Å². The Bertz CT molecular complexity index is 932. The summed E-state index contributed by atoms with van der Waals surface area (Å²) in [7, 11) is 1.66. The van der Waals surface area contributed by atoms with E-state index in [0.717, 1.165) is 27.0 Å². The fourth-order valence-electron chi connectivity index (χ4n) is 2.74. The molecule has 3 rings (SSSR count). The molecule has 3 aromatic carbocycles. The van der Waals surface area contributed by atoms with Gasteiger partial charge < -0.3 is 15.0 Å². The first kappa shape index (κ1) is 20.6. The number of nitrogens with zero attached hydrogens (tertiary/aromatic N) is 1. The fourth-order valence-corrected chi connectivity index (χ4v) is 3.47. The van der Waals surface area contributed by atoms with E-state index in [-0.39, 0.29) is 0 Å². The molecular formula is C22H20BrClN2OS. The molecule has 0 saturated carbocycles. The van der Waals surface area contributed by atoms with Crippen molar-refractivity contribution in [1.82, 2.24) is 4.90 Å². The summed E-state index contributed by atoms with van der Waals surface area (Å²) in [5.41, 5.74) is 3.18. The molecule has 144 valence electrons. The van der Waals surface area contributed by atoms with Gasteiger partial charge in [0.15, 0.2) is 5.11 Å². The van der Waals surface area contributed by atoms with E-state index in [9.17, 15) is 0 Å². The van der Waals surface area contributed by atoms with Crippen LogP contribution in [0.15, 0.2) is 77.3 Å². The molecule has 0 radical (unpaired) electrons. The number of anilines is 1. The largest absolute Gasteiger partial charge is 0.497 e. The Balaban J connectivity index is 1.79. The molecule has 28 heavy (non-hydrogen) atoms. The molecule has 0 aliphatic rings. The molecule has 3 nitrogen and oxygen atoms in total. The minimum atomic E-state index is 0.648. The highest BCUT2D eigenvalue weighted by atomic mass is 79.9. The Labute approximate surface area is 184 Å². The van der Waals surface area contributed by atoms with Gasteiger partial charge in [-0.25, -0.2) is 0 Å². The highest BCUT2D eigenvalue weighted by Gasteiger charge is 2.12. The van der Waals surface area contributed by atoms with Gasteiger partial charge in [0.2, 0.25) is 0 Å². The van der Waals surface area contributed by atoms with Gasteiger partial charge in [-0.2, -0.15) is 0 Å². The number of ether oxygens (including phenoxy) is 1. The van der Waals surface area contributed by atoms with Crippen LogP contribution in [0.4, 0.5) is 5.69 Å². The lowest BCUT2D eigenvalue weighted by Gasteiger charge is -2.26. The number of halogens is 2. The lowest BCUT2D eigenvalue weighted by atomic mass is 10.1. The predicted octanol–water partition coefficient (Wildman–Crippen LogP) is 6.51. The summed E-state index contributed by atoms with van der Waals surface area (Å²) in [4.78, 5) is 2.12. The number of thiocarbonyl (C=S) groups is 1. The maximum Gasteiger partial charge on any atom is 0.174 e. The van der Waals surface area contributed by atoms with E-state index < -0.39 is 0 Å². The standard InChI is InChI=1S/C22H20BrClN2OS/c1-27-21-11-5-16(6-12-21)14-26(15-17-3-2-4-19(24)13-17)22(28)25-20-9-7-18(23)8-10-20/h2-13H,14-15H2,1H3,(H,25,28). The number of benzene rings is 3. The van der Waals surface area contributed by atoms with Crippen LogP contribution in [-0.2, 0) is 13.1 Å². The molecule has 0 fully saturated rings. The van der Waals surface area contributed by atoms with Crippen molar-refractivity contribution in [3.63, 3.8) is 0 Å². The Morgan fingerprint density at radius 3 is 2.32 bits per heavy atom. The quantitative estimate of drug-likeness (QED) is 0.411. The second kappa shape index (κ2) is 9.92. The molecule has 3 aromatic rings. The molecule has 1 N–H and O–H groups in total. The summed E-state index contributed by atoms with van der Waals surface area (Å²) in [5, 5.41) is 4.69. The summed E-state index contributed by atoms with van der Waals surface area (Å²) in [6, 6.07) is 23.8. The van der Waals surface area contributed by atoms with Crippen LogP contribution in [0, 0.1) is 0 Å². The molecule has 0 aliphatic carbocycles. The number of methoxy groups -OCH3 is 1. The summed E-state index contributed by atoms with van der Waals surface area (Å²) < 4.78 is 6.27. The van der Waals surface area contributed by atoms with Gasteiger partial charge in [0.1, 0.15) is 5.75 Å². The van der Waals surface area contributed by atoms with Crippen molar-refractivity contribution < 1.29 is 4.74 Å². The monoisotopic (exact) mass is 474 g/mol. The van der Waals surface area contributed by atoms with Crippen molar-refractivity contribution in [1.29, 1.82) is 0 Å². The van der Waals surface area contributed by atoms with Gasteiger partial charge >= 0.3 is 0 Å². The third-order valence-electron chi connectivity index (χ3n) is 4.18. The maximum absolute atomic E-state index is 6.16. The first-order valence-electron chi connectivity index (χ1n) is 8.72. The molecule has 0 unspecified atom stereocenters. The van der Waals surface area contributed by atoms with Crippen LogP contribution in [0.5, 0.6) is 5.75 Å². The second-order valence-electron chi connectivity index (χ2n) is 6.27. The maximum atomic E-state index is 6.16. The lowest BCUT2D eigenvalue weighted by molar-refractivity contribution is 0.407. The van der Waals surface area contributed by atoms with Crippen LogP contribution in [-0.4, -0.2) is 17.1 Å². The Morgan fingerprint density at radius 1 is 1.00 bits per heavy atom. The molecule has 0 aliphatic heterocycles. The van der Waals surface area contributed by atoms with E-state index >= 15 is 0 Å². The van der Waals surface area contributed by atoms with Crippen molar-refractivity contribution in [3.05, 3.63) is 93.4 Å². The summed E-state index contributed by atoms with van der Waals surface area (Å²) in [5.74, 6) is 0.834. The summed E-state index contributed by atoms with van der Waals surface area (Å²) in [6.07, 6.45) is 0. The molecule has 0 heterocycles. The van der Waals surface area contributed by atoms with Gasteiger partial charge in [-0.3, -0.25) is 0 Å². The molecule has 0 spiro atoms. The minimum absolute atomic E-state index is 0.648. The average Bonchev–Trinajstić information content (AvgIpc) is 2.70. The second-order valence-corrected chi connectivity index (χ2v) is 8.01. The normalized spacial score (nSPS) is 10.4. The van der Waals surface area contributed by atoms with Crippen LogP contribution in [0.3, 0.4) is 0 Å². The predicted molar refractivity (Wildman–Crippen MR) is 124 cm³/mol. The average molecular weight is 476 g/mol. The van der Waals surface area contributed by atoms with Gasteiger partial charge in [0.25, 0.3) is 0 Å². The molecule has 0 bridgehead atoms. The molecule has 0 aromatic heterocycles. The first-order valence-corrected chi connectivity index (χ1v) is 10.3. The zero-order valence-corrected chi connectivity index (χ0v) is 18.5. The first-order chi connectivity index (χ1) is 13.5. The molecular weight excluding hydrogens is 456 g/mol. The smallest absolute Gasteiger partial charge is 0.174 e. The number of hydrogen-bond acceptors (Lipinski definition) is 2. The third kappa shape index (κ3) is 5.96. The van der Waals surface area contributed by atoms with Crippen molar-refractivity contribution in [2.75, 3.05) is 12.4 Å². The van der Waals surface area contributed by atoms with E-state index in [2.05, 4.69) is 32.2 Å². The van der Waals surface area contributed by atoms with Crippen LogP contribution in [0.1, 0.15) is 11.1 Å². The molecule has 0 atom stereocenters. The van der Waals surface area contributed by atoms with Crippen LogP contribution in [0.2, 0.25) is 5.02 Å². The highest BCUT2D eigenvalue weighted by Crippen LogP contribution is 2.19. The van der Waals surface area contributed by atoms with Gasteiger partial charge in [-0.1, -0.05) is 51.8 Å². The third-order valence-corrected chi connectivity index (χ3v) is 5.30. The zero-order chi connectivity index (χ0) is 19.9. The van der Waals surface area contributed by atoms with E-state index in [4.69, 9.17) is 28.6 Å². The topological polar surface area (TPSA) is 24.5 Å². The van der Waals surface area contributed by atoms with Crippen molar-refractivity contribution in [2.45, 2.75) is 13.1 Å². The van der Waals surface area contributed by atoms with E-state index in [1.807, 2.05) is 66.7 Å². The van der Waals surface area contributed by atoms with Crippen LogP contribution < -0.4 is 10.1 Å². The van der Waals surface area contributed by atoms with Crippen molar-refractivity contribution in [2.24, 2.45) is 0 Å².